The predicted octanol–water partition coefficient (Wildman–Crippen LogP) is 4.37. The van der Waals surface area contributed by atoms with Crippen molar-refractivity contribution in [1.82, 2.24) is 0 Å². The Bertz CT molecular complexity index is 619. The maximum absolute atomic E-state index is 11.4. The van der Waals surface area contributed by atoms with Gasteiger partial charge in [0.1, 0.15) is 0 Å². The molecule has 0 aromatic heterocycles. The summed E-state index contributed by atoms with van der Waals surface area (Å²) in [5.41, 5.74) is 4.46. The molecule has 1 aliphatic carbocycles. The lowest BCUT2D eigenvalue weighted by Crippen LogP contribution is -1.98. The third kappa shape index (κ3) is 1.50. The third-order valence-corrected chi connectivity index (χ3v) is 3.75. The highest BCUT2D eigenvalue weighted by molar-refractivity contribution is 6.68. The van der Waals surface area contributed by atoms with Gasteiger partial charge in [-0.3, -0.25) is 4.79 Å². The Balaban J connectivity index is 2.34. The zero-order valence-electron chi connectivity index (χ0n) is 8.78. The SMILES string of the molecule is O=C(Cl)c1cccc2c1C(Cl)c1ccccc1-2. The van der Waals surface area contributed by atoms with Crippen LogP contribution in [0.25, 0.3) is 11.1 Å². The molecule has 0 saturated carbocycles. The molecule has 0 aliphatic heterocycles. The van der Waals surface area contributed by atoms with Gasteiger partial charge in [0.15, 0.2) is 0 Å². The lowest BCUT2D eigenvalue weighted by atomic mass is 10.0. The minimum Gasteiger partial charge on any atom is -0.276 e. The van der Waals surface area contributed by atoms with Crippen LogP contribution >= 0.6 is 23.2 Å². The highest BCUT2D eigenvalue weighted by atomic mass is 35.5. The Hall–Kier alpha value is -1.31. The zero-order valence-corrected chi connectivity index (χ0v) is 10.3. The Morgan fingerprint density at radius 3 is 2.47 bits per heavy atom. The number of carbonyl (C=O) groups is 1. The highest BCUT2D eigenvalue weighted by Gasteiger charge is 2.30. The van der Waals surface area contributed by atoms with Gasteiger partial charge in [-0.05, 0) is 39.9 Å². The van der Waals surface area contributed by atoms with E-state index in [1.54, 1.807) is 6.07 Å². The average molecular weight is 263 g/mol. The number of alkyl halides is 1. The van der Waals surface area contributed by atoms with Crippen LogP contribution < -0.4 is 0 Å². The minimum absolute atomic E-state index is 0.292. The van der Waals surface area contributed by atoms with Crippen LogP contribution in [-0.2, 0) is 0 Å². The van der Waals surface area contributed by atoms with Crippen molar-refractivity contribution in [3.63, 3.8) is 0 Å². The van der Waals surface area contributed by atoms with Crippen molar-refractivity contribution in [1.29, 1.82) is 0 Å². The molecule has 0 spiro atoms. The molecule has 1 atom stereocenters. The molecule has 84 valence electrons. The summed E-state index contributed by atoms with van der Waals surface area (Å²) in [5.74, 6) is 0. The van der Waals surface area contributed by atoms with Gasteiger partial charge < -0.3 is 0 Å². The van der Waals surface area contributed by atoms with Gasteiger partial charge in [-0.15, -0.1) is 11.6 Å². The van der Waals surface area contributed by atoms with E-state index in [0.717, 1.165) is 22.3 Å². The van der Waals surface area contributed by atoms with E-state index in [4.69, 9.17) is 23.2 Å². The molecule has 1 nitrogen and oxygen atoms in total. The van der Waals surface area contributed by atoms with Gasteiger partial charge in [0.25, 0.3) is 5.24 Å². The smallest absolute Gasteiger partial charge is 0.252 e. The summed E-state index contributed by atoms with van der Waals surface area (Å²) in [7, 11) is 0. The van der Waals surface area contributed by atoms with E-state index in [0.29, 0.717) is 5.56 Å². The zero-order chi connectivity index (χ0) is 12.0. The van der Waals surface area contributed by atoms with Crippen LogP contribution in [0.3, 0.4) is 0 Å². The summed E-state index contributed by atoms with van der Waals surface area (Å²) in [6, 6.07) is 13.4. The number of hydrogen-bond acceptors (Lipinski definition) is 1. The van der Waals surface area contributed by atoms with Crippen molar-refractivity contribution in [3.8, 4) is 11.1 Å². The molecule has 0 N–H and O–H groups in total. The molecule has 17 heavy (non-hydrogen) atoms. The molecule has 0 saturated heterocycles. The highest BCUT2D eigenvalue weighted by Crippen LogP contribution is 2.48. The third-order valence-electron chi connectivity index (χ3n) is 3.10. The first-order valence-corrected chi connectivity index (χ1v) is 6.07. The predicted molar refractivity (Wildman–Crippen MR) is 69.8 cm³/mol. The molecule has 0 heterocycles. The molecule has 0 amide bonds. The van der Waals surface area contributed by atoms with Gasteiger partial charge in [-0.25, -0.2) is 0 Å². The summed E-state index contributed by atoms with van der Waals surface area (Å²) in [4.78, 5) is 11.4. The standard InChI is InChI=1S/C14H8Cl2O/c15-13-10-5-2-1-4-8(10)9-6-3-7-11(12(9)13)14(16)17/h1-7,13H. The second kappa shape index (κ2) is 3.86. The van der Waals surface area contributed by atoms with Gasteiger partial charge in [0.2, 0.25) is 0 Å². The van der Waals surface area contributed by atoms with Crippen molar-refractivity contribution in [3.05, 3.63) is 59.2 Å². The van der Waals surface area contributed by atoms with Gasteiger partial charge in [0.05, 0.1) is 5.38 Å². The molecule has 0 fully saturated rings. The Kier molecular flexibility index (Phi) is 2.46. The molecular weight excluding hydrogens is 255 g/mol. The number of fused-ring (bicyclic) bond motifs is 3. The maximum Gasteiger partial charge on any atom is 0.252 e. The Morgan fingerprint density at radius 2 is 1.71 bits per heavy atom. The average Bonchev–Trinajstić information content (AvgIpc) is 2.64. The molecular formula is C14H8Cl2O. The van der Waals surface area contributed by atoms with Crippen molar-refractivity contribution in [2.75, 3.05) is 0 Å². The number of halogens is 2. The summed E-state index contributed by atoms with van der Waals surface area (Å²) >= 11 is 12.0. The summed E-state index contributed by atoms with van der Waals surface area (Å²) in [6.07, 6.45) is 0. The number of benzene rings is 2. The fourth-order valence-electron chi connectivity index (χ4n) is 2.36. The fourth-order valence-corrected chi connectivity index (χ4v) is 2.95. The number of hydrogen-bond donors (Lipinski definition) is 0. The van der Waals surface area contributed by atoms with Gasteiger partial charge in [0, 0.05) is 5.56 Å². The van der Waals surface area contributed by atoms with E-state index in [1.165, 1.54) is 0 Å². The van der Waals surface area contributed by atoms with E-state index in [1.807, 2.05) is 36.4 Å². The van der Waals surface area contributed by atoms with Crippen molar-refractivity contribution in [2.24, 2.45) is 0 Å². The lowest BCUT2D eigenvalue weighted by molar-refractivity contribution is 0.108. The quantitative estimate of drug-likeness (QED) is 0.551. The van der Waals surface area contributed by atoms with Gasteiger partial charge >= 0.3 is 0 Å². The maximum atomic E-state index is 11.4. The molecule has 0 bridgehead atoms. The molecule has 3 rings (SSSR count). The van der Waals surface area contributed by atoms with Crippen LogP contribution in [0.1, 0.15) is 26.9 Å². The molecule has 1 aliphatic rings. The van der Waals surface area contributed by atoms with Crippen molar-refractivity contribution in [2.45, 2.75) is 5.38 Å². The topological polar surface area (TPSA) is 17.1 Å². The van der Waals surface area contributed by atoms with Crippen LogP contribution in [0.15, 0.2) is 42.5 Å². The Labute approximate surface area is 109 Å². The van der Waals surface area contributed by atoms with Crippen molar-refractivity contribution >= 4 is 28.4 Å². The second-order valence-corrected chi connectivity index (χ2v) is 4.77. The first-order chi connectivity index (χ1) is 8.20. The van der Waals surface area contributed by atoms with Gasteiger partial charge in [-0.2, -0.15) is 0 Å². The van der Waals surface area contributed by atoms with Crippen LogP contribution in [-0.4, -0.2) is 5.24 Å². The first-order valence-electron chi connectivity index (χ1n) is 5.26. The molecule has 2 aromatic carbocycles. The monoisotopic (exact) mass is 262 g/mol. The van der Waals surface area contributed by atoms with E-state index in [-0.39, 0.29) is 5.38 Å². The van der Waals surface area contributed by atoms with E-state index in [2.05, 4.69) is 0 Å². The number of rotatable bonds is 1. The summed E-state index contributed by atoms with van der Waals surface area (Å²) in [6.45, 7) is 0. The van der Waals surface area contributed by atoms with Crippen LogP contribution in [0.4, 0.5) is 0 Å². The largest absolute Gasteiger partial charge is 0.276 e. The lowest BCUT2D eigenvalue weighted by Gasteiger charge is -2.07. The normalized spacial score (nSPS) is 16.5. The number of carbonyl (C=O) groups excluding carboxylic acids is 1. The Morgan fingerprint density at radius 1 is 1.00 bits per heavy atom. The van der Waals surface area contributed by atoms with Crippen molar-refractivity contribution < 1.29 is 4.79 Å². The van der Waals surface area contributed by atoms with Crippen LogP contribution in [0.5, 0.6) is 0 Å². The van der Waals surface area contributed by atoms with E-state index < -0.39 is 5.24 Å². The second-order valence-electron chi connectivity index (χ2n) is 3.99. The van der Waals surface area contributed by atoms with Crippen LogP contribution in [0.2, 0.25) is 0 Å². The molecule has 3 heteroatoms. The summed E-state index contributed by atoms with van der Waals surface area (Å²) in [5, 5.41) is -0.750. The van der Waals surface area contributed by atoms with E-state index >= 15 is 0 Å². The van der Waals surface area contributed by atoms with E-state index in [9.17, 15) is 4.79 Å². The molecule has 0 radical (unpaired) electrons. The van der Waals surface area contributed by atoms with Crippen LogP contribution in [0, 0.1) is 0 Å². The first kappa shape index (κ1) is 10.8. The molecule has 1 unspecified atom stereocenters. The van der Waals surface area contributed by atoms with Gasteiger partial charge in [-0.1, -0.05) is 36.4 Å². The summed E-state index contributed by atoms with van der Waals surface area (Å²) < 4.78 is 0. The fraction of sp³-hybridized carbons (Fsp3) is 0.0714. The molecule has 2 aromatic rings. The minimum atomic E-state index is -0.458.